The molecule has 1 aromatic carbocycles. The van der Waals surface area contributed by atoms with Crippen LogP contribution in [-0.2, 0) is 14.1 Å². The van der Waals surface area contributed by atoms with E-state index in [-0.39, 0.29) is 5.78 Å². The number of carbonyl (C=O) groups is 1. The first kappa shape index (κ1) is 11.7. The van der Waals surface area contributed by atoms with Crippen molar-refractivity contribution in [1.82, 2.24) is 14.3 Å². The molecule has 0 saturated carbocycles. The van der Waals surface area contributed by atoms with Crippen LogP contribution in [0.25, 0.3) is 11.4 Å². The van der Waals surface area contributed by atoms with E-state index in [2.05, 4.69) is 5.10 Å². The number of aromatic nitrogens is 3. The summed E-state index contributed by atoms with van der Waals surface area (Å²) >= 11 is 5.20. The second-order valence-electron chi connectivity index (χ2n) is 3.89. The minimum Gasteiger partial charge on any atom is -0.303 e. The first-order valence-electron chi connectivity index (χ1n) is 5.22. The lowest BCUT2D eigenvalue weighted by molar-refractivity contribution is 0.101. The van der Waals surface area contributed by atoms with E-state index in [4.69, 9.17) is 12.2 Å². The van der Waals surface area contributed by atoms with Gasteiger partial charge in [-0.05, 0) is 19.1 Å². The fraction of sp³-hybridized carbons (Fsp3) is 0.250. The lowest BCUT2D eigenvalue weighted by Gasteiger charge is -2.05. The predicted octanol–water partition coefficient (Wildman–Crippen LogP) is 2.36. The van der Waals surface area contributed by atoms with Crippen molar-refractivity contribution in [2.45, 2.75) is 6.92 Å². The van der Waals surface area contributed by atoms with Gasteiger partial charge in [0.2, 0.25) is 0 Å². The highest BCUT2D eigenvalue weighted by Gasteiger charge is 2.14. The molecule has 0 amide bonds. The average Bonchev–Trinajstić information content (AvgIpc) is 2.57. The Morgan fingerprint density at radius 1 is 1.29 bits per heavy atom. The molecule has 88 valence electrons. The van der Waals surface area contributed by atoms with E-state index in [1.54, 1.807) is 29.3 Å². The van der Waals surface area contributed by atoms with Crippen molar-refractivity contribution in [1.29, 1.82) is 0 Å². The molecule has 0 atom stereocenters. The van der Waals surface area contributed by atoms with Crippen molar-refractivity contribution in [2.75, 3.05) is 0 Å². The van der Waals surface area contributed by atoms with Crippen molar-refractivity contribution >= 4 is 18.0 Å². The lowest BCUT2D eigenvalue weighted by atomic mass is 10.0. The predicted molar refractivity (Wildman–Crippen MR) is 68.5 cm³/mol. The van der Waals surface area contributed by atoms with Gasteiger partial charge in [0, 0.05) is 25.2 Å². The molecule has 0 spiro atoms. The van der Waals surface area contributed by atoms with Crippen molar-refractivity contribution in [3.63, 3.8) is 0 Å². The number of nitrogens with zero attached hydrogens (tertiary/aromatic N) is 3. The molecule has 5 heteroatoms. The minimum absolute atomic E-state index is 0.0252. The van der Waals surface area contributed by atoms with E-state index in [1.165, 1.54) is 0 Å². The third-order valence-corrected chi connectivity index (χ3v) is 3.21. The Bertz CT molecular complexity index is 639. The summed E-state index contributed by atoms with van der Waals surface area (Å²) in [5.41, 5.74) is 1.48. The molecule has 0 fully saturated rings. The summed E-state index contributed by atoms with van der Waals surface area (Å²) in [6.45, 7) is 1.55. The number of rotatable bonds is 2. The van der Waals surface area contributed by atoms with Gasteiger partial charge in [0.05, 0.1) is 0 Å². The van der Waals surface area contributed by atoms with Crippen LogP contribution in [-0.4, -0.2) is 20.1 Å². The van der Waals surface area contributed by atoms with Gasteiger partial charge in [-0.1, -0.05) is 24.3 Å². The normalized spacial score (nSPS) is 10.5. The number of hydrogen-bond acceptors (Lipinski definition) is 3. The molecule has 0 unspecified atom stereocenters. The standard InChI is InChI=1S/C12H13N3OS/c1-8(16)9-6-4-5-7-10(9)11-13-15(3)12(17)14(11)2/h4-7H,1-3H3. The zero-order valence-corrected chi connectivity index (χ0v) is 10.8. The summed E-state index contributed by atoms with van der Waals surface area (Å²) in [4.78, 5) is 11.6. The summed E-state index contributed by atoms with van der Waals surface area (Å²) in [6, 6.07) is 7.42. The topological polar surface area (TPSA) is 39.8 Å². The van der Waals surface area contributed by atoms with Gasteiger partial charge in [-0.25, -0.2) is 4.68 Å². The number of ketones is 1. The Kier molecular flexibility index (Phi) is 2.93. The Labute approximate surface area is 105 Å². The molecule has 1 heterocycles. The molecule has 0 aliphatic heterocycles. The first-order valence-corrected chi connectivity index (χ1v) is 5.63. The van der Waals surface area contributed by atoms with Gasteiger partial charge in [0.1, 0.15) is 0 Å². The highest BCUT2D eigenvalue weighted by molar-refractivity contribution is 7.71. The third-order valence-electron chi connectivity index (χ3n) is 2.67. The van der Waals surface area contributed by atoms with Crippen LogP contribution < -0.4 is 0 Å². The lowest BCUT2D eigenvalue weighted by Crippen LogP contribution is -2.00. The highest BCUT2D eigenvalue weighted by Crippen LogP contribution is 2.22. The molecule has 0 bridgehead atoms. The Balaban J connectivity index is 2.73. The van der Waals surface area contributed by atoms with Crippen LogP contribution in [0.5, 0.6) is 0 Å². The van der Waals surface area contributed by atoms with Crippen LogP contribution in [0.3, 0.4) is 0 Å². The van der Waals surface area contributed by atoms with E-state index in [1.807, 2.05) is 25.2 Å². The second-order valence-corrected chi connectivity index (χ2v) is 4.26. The van der Waals surface area contributed by atoms with Gasteiger partial charge in [-0.2, -0.15) is 5.10 Å². The van der Waals surface area contributed by atoms with Crippen LogP contribution in [0.15, 0.2) is 24.3 Å². The van der Waals surface area contributed by atoms with E-state index in [0.717, 1.165) is 5.56 Å². The van der Waals surface area contributed by atoms with Gasteiger partial charge in [0.25, 0.3) is 0 Å². The van der Waals surface area contributed by atoms with E-state index >= 15 is 0 Å². The number of Topliss-reactive ketones (excluding diaryl/α,β-unsaturated/α-hetero) is 1. The van der Waals surface area contributed by atoms with E-state index < -0.39 is 0 Å². The summed E-state index contributed by atoms with van der Waals surface area (Å²) in [7, 11) is 3.64. The van der Waals surface area contributed by atoms with Crippen LogP contribution in [0.2, 0.25) is 0 Å². The van der Waals surface area contributed by atoms with E-state index in [9.17, 15) is 4.79 Å². The molecule has 4 nitrogen and oxygen atoms in total. The Hall–Kier alpha value is -1.75. The average molecular weight is 247 g/mol. The molecule has 0 aliphatic rings. The molecule has 0 saturated heterocycles. The van der Waals surface area contributed by atoms with Gasteiger partial charge in [-0.15, -0.1) is 0 Å². The molecule has 1 aromatic heterocycles. The zero-order chi connectivity index (χ0) is 12.6. The maximum atomic E-state index is 11.6. The highest BCUT2D eigenvalue weighted by atomic mass is 32.1. The molecular weight excluding hydrogens is 234 g/mol. The van der Waals surface area contributed by atoms with Gasteiger partial charge >= 0.3 is 0 Å². The van der Waals surface area contributed by atoms with Gasteiger partial charge < -0.3 is 4.57 Å². The molecule has 2 rings (SSSR count). The quantitative estimate of drug-likeness (QED) is 0.604. The van der Waals surface area contributed by atoms with Crippen molar-refractivity contribution < 1.29 is 4.79 Å². The summed E-state index contributed by atoms with van der Waals surface area (Å²) in [5, 5.41) is 4.35. The summed E-state index contributed by atoms with van der Waals surface area (Å²) < 4.78 is 4.05. The van der Waals surface area contributed by atoms with Crippen molar-refractivity contribution in [2.24, 2.45) is 14.1 Å². The van der Waals surface area contributed by atoms with Crippen LogP contribution in [0, 0.1) is 4.77 Å². The molecule has 0 radical (unpaired) electrons. The maximum absolute atomic E-state index is 11.6. The molecule has 17 heavy (non-hydrogen) atoms. The fourth-order valence-electron chi connectivity index (χ4n) is 1.78. The summed E-state index contributed by atoms with van der Waals surface area (Å²) in [5.74, 6) is 0.737. The number of benzene rings is 1. The van der Waals surface area contributed by atoms with Crippen molar-refractivity contribution in [3.8, 4) is 11.4 Å². The first-order chi connectivity index (χ1) is 8.02. The minimum atomic E-state index is 0.0252. The number of aryl methyl sites for hydroxylation is 1. The maximum Gasteiger partial charge on any atom is 0.197 e. The van der Waals surface area contributed by atoms with Gasteiger partial charge in [0.15, 0.2) is 16.4 Å². The Morgan fingerprint density at radius 3 is 2.47 bits per heavy atom. The van der Waals surface area contributed by atoms with Crippen molar-refractivity contribution in [3.05, 3.63) is 34.6 Å². The number of carbonyl (C=O) groups excluding carboxylic acids is 1. The molecule has 2 aromatic rings. The van der Waals surface area contributed by atoms with Crippen LogP contribution >= 0.6 is 12.2 Å². The van der Waals surface area contributed by atoms with Crippen LogP contribution in [0.1, 0.15) is 17.3 Å². The smallest absolute Gasteiger partial charge is 0.197 e. The third kappa shape index (κ3) is 1.93. The second kappa shape index (κ2) is 4.25. The largest absolute Gasteiger partial charge is 0.303 e. The molecule has 0 aliphatic carbocycles. The SMILES string of the molecule is CC(=O)c1ccccc1-c1nn(C)c(=S)n1C. The zero-order valence-electron chi connectivity index (χ0n) is 9.97. The Morgan fingerprint density at radius 2 is 1.94 bits per heavy atom. The van der Waals surface area contributed by atoms with E-state index in [0.29, 0.717) is 16.2 Å². The monoisotopic (exact) mass is 247 g/mol. The number of hydrogen-bond donors (Lipinski definition) is 0. The van der Waals surface area contributed by atoms with Crippen LogP contribution in [0.4, 0.5) is 0 Å². The molecular formula is C12H13N3OS. The molecule has 0 N–H and O–H groups in total. The van der Waals surface area contributed by atoms with Gasteiger partial charge in [-0.3, -0.25) is 4.79 Å². The fourth-order valence-corrected chi connectivity index (χ4v) is 1.91. The summed E-state index contributed by atoms with van der Waals surface area (Å²) in [6.07, 6.45) is 0.